The Morgan fingerprint density at radius 2 is 1.67 bits per heavy atom. The lowest BCUT2D eigenvalue weighted by Gasteiger charge is -2.13. The van der Waals surface area contributed by atoms with Gasteiger partial charge in [0.05, 0.1) is 19.8 Å². The lowest BCUT2D eigenvalue weighted by Crippen LogP contribution is -2.05. The van der Waals surface area contributed by atoms with Crippen LogP contribution in [0.3, 0.4) is 0 Å². The molecule has 0 aliphatic heterocycles. The summed E-state index contributed by atoms with van der Waals surface area (Å²) in [6.07, 6.45) is 1.91. The first-order chi connectivity index (χ1) is 11.7. The molecule has 0 aliphatic carbocycles. The molecule has 122 valence electrons. The molecule has 24 heavy (non-hydrogen) atoms. The normalized spacial score (nSPS) is 10.6. The van der Waals surface area contributed by atoms with Crippen LogP contribution in [0.4, 0.5) is 0 Å². The summed E-state index contributed by atoms with van der Waals surface area (Å²) in [6.45, 7) is 0. The maximum Gasteiger partial charge on any atom is 0.195 e. The van der Waals surface area contributed by atoms with Crippen molar-refractivity contribution in [2.75, 3.05) is 20.5 Å². The van der Waals surface area contributed by atoms with Crippen molar-refractivity contribution >= 4 is 28.4 Å². The van der Waals surface area contributed by atoms with E-state index in [9.17, 15) is 4.79 Å². The van der Waals surface area contributed by atoms with E-state index in [4.69, 9.17) is 9.47 Å². The van der Waals surface area contributed by atoms with Crippen molar-refractivity contribution < 1.29 is 14.3 Å². The quantitative estimate of drug-likeness (QED) is 0.515. The molecule has 3 aromatic rings. The van der Waals surface area contributed by atoms with Crippen LogP contribution in [0, 0.1) is 0 Å². The Kier molecular flexibility index (Phi) is 4.71. The van der Waals surface area contributed by atoms with Crippen molar-refractivity contribution in [2.45, 2.75) is 5.03 Å². The van der Waals surface area contributed by atoms with E-state index in [0.29, 0.717) is 33.2 Å². The number of fused-ring (bicyclic) bond motifs is 1. The molecule has 0 N–H and O–H groups in total. The van der Waals surface area contributed by atoms with Gasteiger partial charge < -0.3 is 9.47 Å². The number of carbonyl (C=O) groups excluding carboxylic acids is 1. The van der Waals surface area contributed by atoms with Gasteiger partial charge in [0.25, 0.3) is 0 Å². The SMILES string of the molecule is COc1ccc(OC)c2nc(SC)c(C(=O)c3ccccc3)cc12. The Bertz CT molecular complexity index is 894. The van der Waals surface area contributed by atoms with Gasteiger partial charge in [-0.05, 0) is 24.5 Å². The van der Waals surface area contributed by atoms with E-state index in [-0.39, 0.29) is 5.78 Å². The van der Waals surface area contributed by atoms with Gasteiger partial charge in [0.2, 0.25) is 0 Å². The first-order valence-electron chi connectivity index (χ1n) is 7.39. The number of aromatic nitrogens is 1. The van der Waals surface area contributed by atoms with Crippen molar-refractivity contribution in [3.63, 3.8) is 0 Å². The number of hydrogen-bond acceptors (Lipinski definition) is 5. The molecule has 2 aromatic carbocycles. The highest BCUT2D eigenvalue weighted by atomic mass is 32.2. The molecule has 0 saturated carbocycles. The molecule has 1 heterocycles. The fourth-order valence-electron chi connectivity index (χ4n) is 2.60. The van der Waals surface area contributed by atoms with Crippen molar-refractivity contribution in [1.82, 2.24) is 4.98 Å². The fourth-order valence-corrected chi connectivity index (χ4v) is 3.15. The van der Waals surface area contributed by atoms with E-state index >= 15 is 0 Å². The average Bonchev–Trinajstić information content (AvgIpc) is 2.66. The highest BCUT2D eigenvalue weighted by molar-refractivity contribution is 7.98. The molecule has 0 aliphatic rings. The molecule has 0 bridgehead atoms. The van der Waals surface area contributed by atoms with Crippen molar-refractivity contribution in [1.29, 1.82) is 0 Å². The van der Waals surface area contributed by atoms with Gasteiger partial charge in [0.1, 0.15) is 22.0 Å². The summed E-state index contributed by atoms with van der Waals surface area (Å²) < 4.78 is 10.8. The largest absolute Gasteiger partial charge is 0.496 e. The first-order valence-corrected chi connectivity index (χ1v) is 8.61. The standard InChI is InChI=1S/C19H17NO3S/c1-22-15-9-10-16(23-2)17-13(15)11-14(19(20-17)24-3)18(21)12-7-5-4-6-8-12/h4-11H,1-3H3. The summed E-state index contributed by atoms with van der Waals surface area (Å²) >= 11 is 1.44. The number of hydrogen-bond donors (Lipinski definition) is 0. The number of carbonyl (C=O) groups is 1. The minimum Gasteiger partial charge on any atom is -0.496 e. The minimum absolute atomic E-state index is 0.0563. The van der Waals surface area contributed by atoms with Crippen LogP contribution < -0.4 is 9.47 Å². The summed E-state index contributed by atoms with van der Waals surface area (Å²) in [5.41, 5.74) is 1.88. The van der Waals surface area contributed by atoms with Crippen LogP contribution in [-0.4, -0.2) is 31.2 Å². The van der Waals surface area contributed by atoms with Gasteiger partial charge in [-0.25, -0.2) is 4.98 Å². The van der Waals surface area contributed by atoms with Crippen molar-refractivity contribution in [3.05, 3.63) is 59.7 Å². The molecule has 0 fully saturated rings. The van der Waals surface area contributed by atoms with E-state index in [0.717, 1.165) is 5.39 Å². The molecule has 0 atom stereocenters. The van der Waals surface area contributed by atoms with E-state index in [2.05, 4.69) is 4.98 Å². The molecule has 3 rings (SSSR count). The molecule has 0 amide bonds. The zero-order valence-corrected chi connectivity index (χ0v) is 14.5. The number of rotatable bonds is 5. The van der Waals surface area contributed by atoms with Crippen LogP contribution in [0.15, 0.2) is 53.6 Å². The first kappa shape index (κ1) is 16.3. The molecular formula is C19H17NO3S. The highest BCUT2D eigenvalue weighted by Gasteiger charge is 2.19. The second kappa shape index (κ2) is 6.93. The molecule has 0 unspecified atom stereocenters. The predicted molar refractivity (Wildman–Crippen MR) is 96.5 cm³/mol. The number of nitrogens with zero attached hydrogens (tertiary/aromatic N) is 1. The van der Waals surface area contributed by atoms with Crippen molar-refractivity contribution in [3.8, 4) is 11.5 Å². The number of methoxy groups -OCH3 is 2. The van der Waals surface area contributed by atoms with Crippen LogP contribution >= 0.6 is 11.8 Å². The topological polar surface area (TPSA) is 48.4 Å². The zero-order valence-electron chi connectivity index (χ0n) is 13.7. The van der Waals surface area contributed by atoms with Crippen LogP contribution in [0.2, 0.25) is 0 Å². The Morgan fingerprint density at radius 3 is 2.29 bits per heavy atom. The van der Waals surface area contributed by atoms with Crippen molar-refractivity contribution in [2.24, 2.45) is 0 Å². The lowest BCUT2D eigenvalue weighted by atomic mass is 10.0. The van der Waals surface area contributed by atoms with Gasteiger partial charge in [-0.15, -0.1) is 11.8 Å². The molecule has 0 radical (unpaired) electrons. The van der Waals surface area contributed by atoms with E-state index < -0.39 is 0 Å². The number of benzene rings is 2. The fraction of sp³-hybridized carbons (Fsp3) is 0.158. The van der Waals surface area contributed by atoms with Gasteiger partial charge in [-0.2, -0.15) is 0 Å². The van der Waals surface area contributed by atoms with Crippen LogP contribution in [-0.2, 0) is 0 Å². The smallest absolute Gasteiger partial charge is 0.195 e. The third-order valence-electron chi connectivity index (χ3n) is 3.79. The Morgan fingerprint density at radius 1 is 1.00 bits per heavy atom. The Labute approximate surface area is 144 Å². The van der Waals surface area contributed by atoms with E-state index in [1.165, 1.54) is 11.8 Å². The molecule has 5 heteroatoms. The predicted octanol–water partition coefficient (Wildman–Crippen LogP) is 4.20. The average molecular weight is 339 g/mol. The van der Waals surface area contributed by atoms with Gasteiger partial charge in [-0.1, -0.05) is 30.3 Å². The van der Waals surface area contributed by atoms with Gasteiger partial charge in [0.15, 0.2) is 5.78 Å². The third kappa shape index (κ3) is 2.83. The summed E-state index contributed by atoms with van der Waals surface area (Å²) in [5.74, 6) is 1.26. The number of ether oxygens (including phenoxy) is 2. The molecular weight excluding hydrogens is 322 g/mol. The maximum absolute atomic E-state index is 12.9. The number of thioether (sulfide) groups is 1. The molecule has 0 spiro atoms. The van der Waals surface area contributed by atoms with E-state index in [1.807, 2.05) is 42.7 Å². The monoisotopic (exact) mass is 339 g/mol. The second-order valence-electron chi connectivity index (χ2n) is 5.11. The van der Waals surface area contributed by atoms with Crippen LogP contribution in [0.25, 0.3) is 10.9 Å². The summed E-state index contributed by atoms with van der Waals surface area (Å²) in [5, 5.41) is 1.43. The van der Waals surface area contributed by atoms with Crippen LogP contribution in [0.5, 0.6) is 11.5 Å². The number of pyridine rings is 1. The maximum atomic E-state index is 12.9. The summed E-state index contributed by atoms with van der Waals surface area (Å²) in [7, 11) is 3.20. The molecule has 4 nitrogen and oxygen atoms in total. The van der Waals surface area contributed by atoms with Gasteiger partial charge >= 0.3 is 0 Å². The lowest BCUT2D eigenvalue weighted by molar-refractivity contribution is 0.103. The Balaban J connectivity index is 2.26. The number of ketones is 1. The summed E-state index contributed by atoms with van der Waals surface area (Å²) in [4.78, 5) is 17.6. The third-order valence-corrected chi connectivity index (χ3v) is 4.48. The second-order valence-corrected chi connectivity index (χ2v) is 5.90. The van der Waals surface area contributed by atoms with Gasteiger partial charge in [0, 0.05) is 10.9 Å². The zero-order chi connectivity index (χ0) is 17.1. The Hall–Kier alpha value is -2.53. The van der Waals surface area contributed by atoms with Crippen LogP contribution in [0.1, 0.15) is 15.9 Å². The highest BCUT2D eigenvalue weighted by Crippen LogP contribution is 2.35. The minimum atomic E-state index is -0.0563. The molecule has 0 saturated heterocycles. The molecule has 1 aromatic heterocycles. The summed E-state index contributed by atoms with van der Waals surface area (Å²) in [6, 6.07) is 14.7. The van der Waals surface area contributed by atoms with E-state index in [1.54, 1.807) is 26.4 Å². The van der Waals surface area contributed by atoms with Gasteiger partial charge in [-0.3, -0.25) is 4.79 Å².